The predicted octanol–water partition coefficient (Wildman–Crippen LogP) is 1.05. The highest BCUT2D eigenvalue weighted by Crippen LogP contribution is 2.17. The lowest BCUT2D eigenvalue weighted by molar-refractivity contribution is -0.122. The van der Waals surface area contributed by atoms with E-state index in [2.05, 4.69) is 15.6 Å². The van der Waals surface area contributed by atoms with Gasteiger partial charge in [0.25, 0.3) is 0 Å². The Morgan fingerprint density at radius 1 is 1.44 bits per heavy atom. The topological polar surface area (TPSA) is 59.0 Å². The first kappa shape index (κ1) is 13.1. The van der Waals surface area contributed by atoms with Crippen molar-refractivity contribution in [3.63, 3.8) is 0 Å². The molecular formula is C13H22N4O. The average Bonchev–Trinajstić information content (AvgIpc) is 2.78. The van der Waals surface area contributed by atoms with Gasteiger partial charge in [-0.05, 0) is 19.9 Å². The third-order valence-electron chi connectivity index (χ3n) is 3.42. The summed E-state index contributed by atoms with van der Waals surface area (Å²) in [5.41, 5.74) is 0. The largest absolute Gasteiger partial charge is 0.352 e. The van der Waals surface area contributed by atoms with Crippen LogP contribution < -0.4 is 10.6 Å². The molecule has 0 radical (unpaired) electrons. The second-order valence-corrected chi connectivity index (χ2v) is 4.90. The molecule has 1 aromatic rings. The molecule has 2 rings (SSSR count). The van der Waals surface area contributed by atoms with Crippen LogP contribution >= 0.6 is 0 Å². The summed E-state index contributed by atoms with van der Waals surface area (Å²) in [4.78, 5) is 16.2. The van der Waals surface area contributed by atoms with Crippen molar-refractivity contribution in [1.82, 2.24) is 20.2 Å². The fourth-order valence-electron chi connectivity index (χ4n) is 2.48. The van der Waals surface area contributed by atoms with E-state index in [-0.39, 0.29) is 5.91 Å². The van der Waals surface area contributed by atoms with E-state index in [1.807, 2.05) is 17.8 Å². The van der Waals surface area contributed by atoms with Crippen LogP contribution in [0.25, 0.3) is 0 Å². The fourth-order valence-corrected chi connectivity index (χ4v) is 2.48. The summed E-state index contributed by atoms with van der Waals surface area (Å²) in [5, 5.41) is 6.17. The number of carbonyl (C=O) groups excluding carboxylic acids is 1. The van der Waals surface area contributed by atoms with Gasteiger partial charge in [-0.2, -0.15) is 0 Å². The second-order valence-electron chi connectivity index (χ2n) is 4.90. The molecule has 5 heteroatoms. The predicted molar refractivity (Wildman–Crippen MR) is 70.0 cm³/mol. The summed E-state index contributed by atoms with van der Waals surface area (Å²) in [7, 11) is 1.88. The Morgan fingerprint density at radius 3 is 2.94 bits per heavy atom. The molecule has 0 aromatic carbocycles. The van der Waals surface area contributed by atoms with Crippen molar-refractivity contribution in [2.45, 2.75) is 51.2 Å². The highest BCUT2D eigenvalue weighted by molar-refractivity contribution is 5.76. The summed E-state index contributed by atoms with van der Waals surface area (Å²) < 4.78 is 1.90. The van der Waals surface area contributed by atoms with Gasteiger partial charge < -0.3 is 15.2 Å². The first-order valence-corrected chi connectivity index (χ1v) is 6.73. The van der Waals surface area contributed by atoms with Crippen molar-refractivity contribution in [3.8, 4) is 0 Å². The number of amides is 1. The van der Waals surface area contributed by atoms with Gasteiger partial charge in [0.1, 0.15) is 12.4 Å². The minimum Gasteiger partial charge on any atom is -0.352 e. The third-order valence-corrected chi connectivity index (χ3v) is 3.42. The van der Waals surface area contributed by atoms with Crippen molar-refractivity contribution in [2.75, 3.05) is 7.05 Å². The van der Waals surface area contributed by atoms with Crippen molar-refractivity contribution >= 4 is 5.91 Å². The molecular weight excluding hydrogens is 228 g/mol. The van der Waals surface area contributed by atoms with E-state index in [9.17, 15) is 4.79 Å². The maximum atomic E-state index is 12.0. The molecule has 0 spiro atoms. The molecule has 1 amide bonds. The highest BCUT2D eigenvalue weighted by atomic mass is 16.2. The lowest BCUT2D eigenvalue weighted by Crippen LogP contribution is -2.38. The molecule has 1 heterocycles. The Bertz CT molecular complexity index is 382. The van der Waals surface area contributed by atoms with E-state index in [0.29, 0.717) is 19.1 Å². The van der Waals surface area contributed by atoms with Gasteiger partial charge in [0.15, 0.2) is 0 Å². The molecule has 1 aliphatic rings. The lowest BCUT2D eigenvalue weighted by Gasteiger charge is -2.23. The van der Waals surface area contributed by atoms with Gasteiger partial charge in [-0.1, -0.05) is 19.3 Å². The zero-order valence-corrected chi connectivity index (χ0v) is 11.0. The Hall–Kier alpha value is -1.36. The normalized spacial score (nSPS) is 16.7. The smallest absolute Gasteiger partial charge is 0.240 e. The van der Waals surface area contributed by atoms with Crippen LogP contribution in [0.15, 0.2) is 12.4 Å². The number of imidazole rings is 1. The molecule has 0 saturated heterocycles. The fraction of sp³-hybridized carbons (Fsp3) is 0.692. The monoisotopic (exact) mass is 250 g/mol. The van der Waals surface area contributed by atoms with Crippen molar-refractivity contribution in [3.05, 3.63) is 18.2 Å². The molecule has 18 heavy (non-hydrogen) atoms. The van der Waals surface area contributed by atoms with E-state index < -0.39 is 0 Å². The average molecular weight is 250 g/mol. The maximum absolute atomic E-state index is 12.0. The van der Waals surface area contributed by atoms with Crippen LogP contribution in [0.4, 0.5) is 0 Å². The number of aromatic nitrogens is 2. The maximum Gasteiger partial charge on any atom is 0.240 e. The zero-order valence-electron chi connectivity index (χ0n) is 11.0. The van der Waals surface area contributed by atoms with Gasteiger partial charge in [0.2, 0.25) is 5.91 Å². The molecule has 1 saturated carbocycles. The van der Waals surface area contributed by atoms with Crippen LogP contribution in [0.3, 0.4) is 0 Å². The number of nitrogens with one attached hydrogen (secondary N) is 2. The SMILES string of the molecule is CNCc1nccn1CC(=O)NC1CCCCC1. The number of nitrogens with zero attached hydrogens (tertiary/aromatic N) is 2. The van der Waals surface area contributed by atoms with Gasteiger partial charge in [-0.15, -0.1) is 0 Å². The Labute approximate surface area is 108 Å². The molecule has 5 nitrogen and oxygen atoms in total. The van der Waals surface area contributed by atoms with Gasteiger partial charge in [-0.3, -0.25) is 4.79 Å². The Kier molecular flexibility index (Phi) is 4.75. The Balaban J connectivity index is 1.84. The van der Waals surface area contributed by atoms with Gasteiger partial charge >= 0.3 is 0 Å². The van der Waals surface area contributed by atoms with Crippen LogP contribution in [0, 0.1) is 0 Å². The summed E-state index contributed by atoms with van der Waals surface area (Å²) in [6.07, 6.45) is 9.62. The molecule has 0 atom stereocenters. The standard InChI is InChI=1S/C13H22N4O/c1-14-9-12-15-7-8-17(12)10-13(18)16-11-5-3-2-4-6-11/h7-8,11,14H,2-6,9-10H2,1H3,(H,16,18). The van der Waals surface area contributed by atoms with Gasteiger partial charge in [0.05, 0.1) is 6.54 Å². The van der Waals surface area contributed by atoms with Crippen LogP contribution in [0.1, 0.15) is 37.9 Å². The third kappa shape index (κ3) is 3.57. The quantitative estimate of drug-likeness (QED) is 0.821. The lowest BCUT2D eigenvalue weighted by atomic mass is 9.95. The number of carbonyl (C=O) groups is 1. The molecule has 2 N–H and O–H groups in total. The summed E-state index contributed by atoms with van der Waals surface area (Å²) in [6, 6.07) is 0.377. The molecule has 1 aromatic heterocycles. The second kappa shape index (κ2) is 6.54. The summed E-state index contributed by atoms with van der Waals surface area (Å²) in [5.74, 6) is 0.994. The molecule has 0 unspecified atom stereocenters. The molecule has 100 valence electrons. The van der Waals surface area contributed by atoms with E-state index in [1.165, 1.54) is 19.3 Å². The summed E-state index contributed by atoms with van der Waals surface area (Å²) >= 11 is 0. The van der Waals surface area contributed by atoms with Crippen LogP contribution in [0.5, 0.6) is 0 Å². The summed E-state index contributed by atoms with van der Waals surface area (Å²) in [6.45, 7) is 1.05. The molecule has 1 aliphatic carbocycles. The van der Waals surface area contributed by atoms with Crippen molar-refractivity contribution in [1.29, 1.82) is 0 Å². The van der Waals surface area contributed by atoms with Crippen LogP contribution in [-0.2, 0) is 17.9 Å². The minimum absolute atomic E-state index is 0.0947. The molecule has 0 aliphatic heterocycles. The zero-order chi connectivity index (χ0) is 12.8. The van der Waals surface area contributed by atoms with Gasteiger partial charge in [0, 0.05) is 18.4 Å². The number of rotatable bonds is 5. The van der Waals surface area contributed by atoms with Crippen molar-refractivity contribution < 1.29 is 4.79 Å². The molecule has 0 bridgehead atoms. The van der Waals surface area contributed by atoms with Crippen molar-refractivity contribution in [2.24, 2.45) is 0 Å². The van der Waals surface area contributed by atoms with E-state index >= 15 is 0 Å². The van der Waals surface area contributed by atoms with E-state index in [0.717, 1.165) is 18.7 Å². The number of hydrogen-bond acceptors (Lipinski definition) is 3. The van der Waals surface area contributed by atoms with Crippen LogP contribution in [-0.4, -0.2) is 28.5 Å². The Morgan fingerprint density at radius 2 is 2.22 bits per heavy atom. The first-order chi connectivity index (χ1) is 8.79. The minimum atomic E-state index is 0.0947. The van der Waals surface area contributed by atoms with E-state index in [4.69, 9.17) is 0 Å². The number of hydrogen-bond donors (Lipinski definition) is 2. The van der Waals surface area contributed by atoms with Gasteiger partial charge in [-0.25, -0.2) is 4.98 Å². The first-order valence-electron chi connectivity index (χ1n) is 6.73. The highest BCUT2D eigenvalue weighted by Gasteiger charge is 2.16. The van der Waals surface area contributed by atoms with Crippen LogP contribution in [0.2, 0.25) is 0 Å². The molecule has 1 fully saturated rings. The van der Waals surface area contributed by atoms with E-state index in [1.54, 1.807) is 6.20 Å².